The number of fused-ring (bicyclic) bond motifs is 3. The van der Waals surface area contributed by atoms with E-state index in [1.165, 1.54) is 0 Å². The maximum atomic E-state index is 12.8. The molecule has 0 saturated carbocycles. The molecule has 0 radical (unpaired) electrons. The molecule has 0 bridgehead atoms. The van der Waals surface area contributed by atoms with Crippen LogP contribution in [0.2, 0.25) is 0 Å². The predicted octanol–water partition coefficient (Wildman–Crippen LogP) is 2.10. The highest BCUT2D eigenvalue weighted by atomic mass is 16.5. The van der Waals surface area contributed by atoms with Crippen LogP contribution in [0, 0.1) is 0 Å². The van der Waals surface area contributed by atoms with E-state index in [0.29, 0.717) is 18.6 Å². The van der Waals surface area contributed by atoms with Gasteiger partial charge in [-0.1, -0.05) is 18.2 Å². The molecule has 0 spiro atoms. The van der Waals surface area contributed by atoms with Crippen LogP contribution in [-0.4, -0.2) is 46.1 Å². The van der Waals surface area contributed by atoms with E-state index in [9.17, 15) is 4.79 Å². The van der Waals surface area contributed by atoms with Gasteiger partial charge in [-0.25, -0.2) is 9.67 Å². The van der Waals surface area contributed by atoms with Gasteiger partial charge < -0.3 is 9.64 Å². The largest absolute Gasteiger partial charge is 0.378 e. The average Bonchev–Trinajstić information content (AvgIpc) is 3.06. The van der Waals surface area contributed by atoms with Gasteiger partial charge in [-0.2, -0.15) is 0 Å². The summed E-state index contributed by atoms with van der Waals surface area (Å²) in [6, 6.07) is 11.4. The second-order valence-electron chi connectivity index (χ2n) is 6.26. The number of aromatic nitrogens is 4. The number of rotatable bonds is 2. The predicted molar refractivity (Wildman–Crippen MR) is 100 cm³/mol. The van der Waals surface area contributed by atoms with Crippen molar-refractivity contribution in [1.82, 2.24) is 19.7 Å². The first-order chi connectivity index (χ1) is 12.8. The minimum absolute atomic E-state index is 0.106. The zero-order valence-electron chi connectivity index (χ0n) is 14.1. The molecule has 0 unspecified atom stereocenters. The van der Waals surface area contributed by atoms with Gasteiger partial charge in [0.25, 0.3) is 5.56 Å². The van der Waals surface area contributed by atoms with Crippen molar-refractivity contribution in [2.24, 2.45) is 0 Å². The quantitative estimate of drug-likeness (QED) is 0.601. The summed E-state index contributed by atoms with van der Waals surface area (Å²) in [7, 11) is 0. The van der Waals surface area contributed by atoms with Crippen LogP contribution in [0.25, 0.3) is 27.5 Å². The van der Waals surface area contributed by atoms with Gasteiger partial charge in [0.05, 0.1) is 29.8 Å². The standard InChI is InChI=1S/C19H17N5O2/c25-19-15-12-21-17-14(6-7-20-18(17)23-8-10-26-11-9-23)16(15)22-24(19)13-4-2-1-3-5-13/h1-7,12,22H,8-11H2. The average molecular weight is 347 g/mol. The monoisotopic (exact) mass is 347 g/mol. The third-order valence-electron chi connectivity index (χ3n) is 4.75. The molecule has 1 fully saturated rings. The number of hydrogen-bond acceptors (Lipinski definition) is 5. The van der Waals surface area contributed by atoms with Crippen molar-refractivity contribution in [3.05, 3.63) is 59.1 Å². The van der Waals surface area contributed by atoms with Crippen LogP contribution in [0.3, 0.4) is 0 Å². The number of para-hydroxylation sites is 1. The number of morpholine rings is 1. The molecule has 1 aliphatic rings. The number of hydrogen-bond donors (Lipinski definition) is 1. The highest BCUT2D eigenvalue weighted by Crippen LogP contribution is 2.27. The van der Waals surface area contributed by atoms with E-state index in [4.69, 9.17) is 4.74 Å². The third kappa shape index (κ3) is 2.28. The van der Waals surface area contributed by atoms with E-state index in [2.05, 4.69) is 20.0 Å². The number of nitrogens with one attached hydrogen (secondary N) is 1. The lowest BCUT2D eigenvalue weighted by Gasteiger charge is -2.28. The zero-order valence-corrected chi connectivity index (χ0v) is 14.1. The Hall–Kier alpha value is -3.19. The Kier molecular flexibility index (Phi) is 3.46. The summed E-state index contributed by atoms with van der Waals surface area (Å²) in [6.07, 6.45) is 3.41. The lowest BCUT2D eigenvalue weighted by atomic mass is 10.2. The summed E-state index contributed by atoms with van der Waals surface area (Å²) in [4.78, 5) is 24.1. The zero-order chi connectivity index (χ0) is 17.5. The number of pyridine rings is 2. The first kappa shape index (κ1) is 15.1. The molecule has 4 aromatic rings. The highest BCUT2D eigenvalue weighted by molar-refractivity contribution is 6.06. The molecular formula is C19H17N5O2. The second-order valence-corrected chi connectivity index (χ2v) is 6.26. The van der Waals surface area contributed by atoms with Crippen LogP contribution in [0.5, 0.6) is 0 Å². The molecule has 3 aromatic heterocycles. The summed E-state index contributed by atoms with van der Waals surface area (Å²) < 4.78 is 6.99. The van der Waals surface area contributed by atoms with E-state index < -0.39 is 0 Å². The van der Waals surface area contributed by atoms with Crippen molar-refractivity contribution in [3.8, 4) is 5.69 Å². The smallest absolute Gasteiger partial charge is 0.280 e. The Morgan fingerprint density at radius 1 is 1.00 bits per heavy atom. The maximum absolute atomic E-state index is 12.8. The van der Waals surface area contributed by atoms with Gasteiger partial charge in [0.15, 0.2) is 5.82 Å². The first-order valence-electron chi connectivity index (χ1n) is 8.59. The van der Waals surface area contributed by atoms with Crippen LogP contribution in [0.1, 0.15) is 0 Å². The van der Waals surface area contributed by atoms with E-state index in [1.54, 1.807) is 17.1 Å². The van der Waals surface area contributed by atoms with Crippen molar-refractivity contribution in [2.75, 3.05) is 31.2 Å². The lowest BCUT2D eigenvalue weighted by Crippen LogP contribution is -2.36. The number of anilines is 1. The molecule has 1 saturated heterocycles. The molecule has 1 N–H and O–H groups in total. The third-order valence-corrected chi connectivity index (χ3v) is 4.75. The van der Waals surface area contributed by atoms with Crippen LogP contribution in [-0.2, 0) is 4.74 Å². The number of benzene rings is 1. The van der Waals surface area contributed by atoms with Gasteiger partial charge in [0.1, 0.15) is 5.52 Å². The number of H-pyrrole nitrogens is 1. The summed E-state index contributed by atoms with van der Waals surface area (Å²) in [5.41, 5.74) is 2.26. The Morgan fingerprint density at radius 2 is 1.81 bits per heavy atom. The molecule has 4 heterocycles. The lowest BCUT2D eigenvalue weighted by molar-refractivity contribution is 0.122. The van der Waals surface area contributed by atoms with Crippen molar-refractivity contribution in [2.45, 2.75) is 0 Å². The SMILES string of the molecule is O=c1c2cnc3c(N4CCOCC4)nccc3c2[nH]n1-c1ccccc1. The highest BCUT2D eigenvalue weighted by Gasteiger charge is 2.19. The minimum Gasteiger partial charge on any atom is -0.378 e. The molecule has 1 aromatic carbocycles. The Bertz CT molecular complexity index is 1140. The molecule has 26 heavy (non-hydrogen) atoms. The van der Waals surface area contributed by atoms with Crippen LogP contribution in [0.4, 0.5) is 5.82 Å². The Balaban J connectivity index is 1.74. The van der Waals surface area contributed by atoms with Crippen molar-refractivity contribution < 1.29 is 4.74 Å². The maximum Gasteiger partial charge on any atom is 0.280 e. The van der Waals surface area contributed by atoms with Gasteiger partial charge in [-0.05, 0) is 18.2 Å². The number of aromatic amines is 1. The fourth-order valence-electron chi connectivity index (χ4n) is 3.44. The molecule has 130 valence electrons. The van der Waals surface area contributed by atoms with Gasteiger partial charge in [-0.3, -0.25) is 14.9 Å². The molecule has 1 aliphatic heterocycles. The normalized spacial score (nSPS) is 15.0. The fraction of sp³-hybridized carbons (Fsp3) is 0.211. The number of ether oxygens (including phenoxy) is 1. The van der Waals surface area contributed by atoms with Gasteiger partial charge in [0.2, 0.25) is 0 Å². The molecule has 7 heteroatoms. The van der Waals surface area contributed by atoms with E-state index in [1.807, 2.05) is 36.4 Å². The topological polar surface area (TPSA) is 76.0 Å². The van der Waals surface area contributed by atoms with Gasteiger partial charge in [0, 0.05) is 30.9 Å². The van der Waals surface area contributed by atoms with Crippen molar-refractivity contribution in [1.29, 1.82) is 0 Å². The van der Waals surface area contributed by atoms with Gasteiger partial charge in [-0.15, -0.1) is 0 Å². The van der Waals surface area contributed by atoms with Gasteiger partial charge >= 0.3 is 0 Å². The first-order valence-corrected chi connectivity index (χ1v) is 8.59. The Labute approximate surface area is 148 Å². The number of nitrogens with zero attached hydrogens (tertiary/aromatic N) is 4. The molecule has 5 rings (SSSR count). The fourth-order valence-corrected chi connectivity index (χ4v) is 3.44. The second kappa shape index (κ2) is 5.96. The summed E-state index contributed by atoms with van der Waals surface area (Å²) in [6.45, 7) is 2.93. The van der Waals surface area contributed by atoms with E-state index in [0.717, 1.165) is 41.0 Å². The van der Waals surface area contributed by atoms with Crippen molar-refractivity contribution >= 4 is 27.6 Å². The summed E-state index contributed by atoms with van der Waals surface area (Å²) >= 11 is 0. The Morgan fingerprint density at radius 3 is 2.62 bits per heavy atom. The van der Waals surface area contributed by atoms with Crippen LogP contribution >= 0.6 is 0 Å². The van der Waals surface area contributed by atoms with Crippen molar-refractivity contribution in [3.63, 3.8) is 0 Å². The molecule has 0 amide bonds. The van der Waals surface area contributed by atoms with E-state index in [-0.39, 0.29) is 5.56 Å². The minimum atomic E-state index is -0.106. The van der Waals surface area contributed by atoms with Crippen LogP contribution in [0.15, 0.2) is 53.6 Å². The van der Waals surface area contributed by atoms with E-state index >= 15 is 0 Å². The van der Waals surface area contributed by atoms with Crippen LogP contribution < -0.4 is 10.5 Å². The molecule has 0 aliphatic carbocycles. The molecular weight excluding hydrogens is 330 g/mol. The summed E-state index contributed by atoms with van der Waals surface area (Å²) in [5.74, 6) is 0.834. The molecule has 7 nitrogen and oxygen atoms in total. The molecule has 0 atom stereocenters. The summed E-state index contributed by atoms with van der Waals surface area (Å²) in [5, 5.41) is 4.71.